The molecule has 0 radical (unpaired) electrons. The lowest BCUT2D eigenvalue weighted by Crippen LogP contribution is -2.17. The van der Waals surface area contributed by atoms with Crippen LogP contribution in [0, 0.1) is 11.6 Å². The largest absolute Gasteiger partial charge is 0.480 e. The molecule has 2 aromatic heterocycles. The van der Waals surface area contributed by atoms with Crippen LogP contribution in [0.4, 0.5) is 14.5 Å². The van der Waals surface area contributed by atoms with Crippen LogP contribution in [-0.4, -0.2) is 25.5 Å². The number of nitrogens with zero attached hydrogens (tertiary/aromatic N) is 2. The van der Waals surface area contributed by atoms with E-state index in [1.54, 1.807) is 24.4 Å². The smallest absolute Gasteiger partial charge is 0.267 e. The van der Waals surface area contributed by atoms with Crippen molar-refractivity contribution in [3.63, 3.8) is 0 Å². The molecule has 0 atom stereocenters. The molecule has 0 aliphatic heterocycles. The van der Waals surface area contributed by atoms with Crippen LogP contribution in [0.25, 0.3) is 11.3 Å². The van der Waals surface area contributed by atoms with Gasteiger partial charge in [0.15, 0.2) is 4.90 Å². The summed E-state index contributed by atoms with van der Waals surface area (Å²) in [6.45, 7) is 0. The Morgan fingerprint density at radius 1 is 1.04 bits per heavy atom. The summed E-state index contributed by atoms with van der Waals surface area (Å²) in [5.41, 5.74) is 0.969. The average Bonchev–Trinajstić information content (AvgIpc) is 2.61. The van der Waals surface area contributed by atoms with E-state index in [0.717, 1.165) is 18.2 Å². The van der Waals surface area contributed by atoms with E-state index in [0.29, 0.717) is 11.3 Å². The molecule has 3 aromatic rings. The van der Waals surface area contributed by atoms with Crippen LogP contribution < -0.4 is 9.46 Å². The molecule has 26 heavy (non-hydrogen) atoms. The Labute approximate surface area is 148 Å². The van der Waals surface area contributed by atoms with E-state index < -0.39 is 26.6 Å². The monoisotopic (exact) mass is 377 g/mol. The fraction of sp³-hybridized carbons (Fsp3) is 0.0588. The highest BCUT2D eigenvalue weighted by atomic mass is 32.2. The molecular formula is C17H13F2N3O3S. The molecule has 0 fully saturated rings. The van der Waals surface area contributed by atoms with E-state index in [1.165, 1.54) is 19.4 Å². The Morgan fingerprint density at radius 3 is 2.38 bits per heavy atom. The van der Waals surface area contributed by atoms with Crippen LogP contribution in [0.1, 0.15) is 0 Å². The number of sulfonamides is 1. The molecule has 0 aliphatic carbocycles. The minimum atomic E-state index is -4.55. The summed E-state index contributed by atoms with van der Waals surface area (Å²) in [4.78, 5) is 7.09. The number of hydrogen-bond acceptors (Lipinski definition) is 5. The quantitative estimate of drug-likeness (QED) is 0.738. The third kappa shape index (κ3) is 3.47. The first-order valence-electron chi connectivity index (χ1n) is 7.34. The molecule has 0 bridgehead atoms. The zero-order valence-corrected chi connectivity index (χ0v) is 14.3. The third-order valence-electron chi connectivity index (χ3n) is 3.44. The molecule has 2 heterocycles. The summed E-state index contributed by atoms with van der Waals surface area (Å²) in [6.07, 6.45) is 3.01. The lowest BCUT2D eigenvalue weighted by molar-refractivity contribution is 0.400. The van der Waals surface area contributed by atoms with E-state index in [1.807, 2.05) is 0 Å². The highest BCUT2D eigenvalue weighted by molar-refractivity contribution is 7.92. The van der Waals surface area contributed by atoms with Crippen molar-refractivity contribution in [2.24, 2.45) is 0 Å². The zero-order valence-electron chi connectivity index (χ0n) is 13.5. The van der Waals surface area contributed by atoms with E-state index >= 15 is 0 Å². The van der Waals surface area contributed by atoms with Gasteiger partial charge < -0.3 is 4.74 Å². The van der Waals surface area contributed by atoms with Gasteiger partial charge in [0, 0.05) is 18.0 Å². The topological polar surface area (TPSA) is 81.2 Å². The molecule has 3 rings (SSSR count). The summed E-state index contributed by atoms with van der Waals surface area (Å²) in [5, 5.41) is 0. The van der Waals surface area contributed by atoms with Crippen LogP contribution in [0.3, 0.4) is 0 Å². The second-order valence-corrected chi connectivity index (χ2v) is 6.77. The fourth-order valence-electron chi connectivity index (χ4n) is 2.30. The van der Waals surface area contributed by atoms with Crippen LogP contribution in [0.15, 0.2) is 59.8 Å². The summed E-state index contributed by atoms with van der Waals surface area (Å²) in [7, 11) is -3.25. The van der Waals surface area contributed by atoms with E-state index in [-0.39, 0.29) is 11.6 Å². The summed E-state index contributed by atoms with van der Waals surface area (Å²) < 4.78 is 59.8. The number of benzene rings is 1. The number of methoxy groups -OCH3 is 1. The number of aromatic nitrogens is 2. The van der Waals surface area contributed by atoms with Gasteiger partial charge in [0.05, 0.1) is 12.8 Å². The number of pyridine rings is 2. The molecule has 0 amide bonds. The second-order valence-electron chi connectivity index (χ2n) is 5.15. The van der Waals surface area contributed by atoms with Crippen LogP contribution in [0.5, 0.6) is 5.88 Å². The Bertz CT molecular complexity index is 1020. The molecule has 134 valence electrons. The molecule has 1 aromatic carbocycles. The molecule has 0 unspecified atom stereocenters. The Balaban J connectivity index is 2.06. The Kier molecular flexibility index (Phi) is 4.81. The van der Waals surface area contributed by atoms with Crippen molar-refractivity contribution in [2.45, 2.75) is 4.90 Å². The van der Waals surface area contributed by atoms with Crippen molar-refractivity contribution in [1.82, 2.24) is 9.97 Å². The zero-order chi connectivity index (χ0) is 18.7. The SMILES string of the molecule is COc1ncc(-c2ccccn2)cc1NS(=O)(=O)c1c(F)cccc1F. The van der Waals surface area contributed by atoms with Crippen LogP contribution in [0.2, 0.25) is 0 Å². The van der Waals surface area contributed by atoms with Gasteiger partial charge in [0.1, 0.15) is 17.3 Å². The summed E-state index contributed by atoms with van der Waals surface area (Å²) in [6, 6.07) is 9.40. The van der Waals surface area contributed by atoms with Crippen molar-refractivity contribution < 1.29 is 21.9 Å². The Morgan fingerprint density at radius 2 is 1.77 bits per heavy atom. The highest BCUT2D eigenvalue weighted by Crippen LogP contribution is 2.30. The molecule has 0 saturated heterocycles. The predicted octanol–water partition coefficient (Wildman–Crippen LogP) is 3.23. The lowest BCUT2D eigenvalue weighted by Gasteiger charge is -2.13. The van der Waals surface area contributed by atoms with E-state index in [2.05, 4.69) is 14.7 Å². The maximum atomic E-state index is 13.9. The standard InChI is InChI=1S/C17H13F2N3O3S/c1-25-17-15(9-11(10-21-17)14-7-2-3-8-20-14)22-26(23,24)16-12(18)5-4-6-13(16)19/h2-10,22H,1H3. The maximum absolute atomic E-state index is 13.9. The fourth-order valence-corrected chi connectivity index (χ4v) is 3.48. The highest BCUT2D eigenvalue weighted by Gasteiger charge is 2.25. The molecule has 6 nitrogen and oxygen atoms in total. The minimum absolute atomic E-state index is 0.0509. The van der Waals surface area contributed by atoms with Gasteiger partial charge in [-0.25, -0.2) is 22.2 Å². The lowest BCUT2D eigenvalue weighted by atomic mass is 10.2. The minimum Gasteiger partial charge on any atom is -0.480 e. The van der Waals surface area contributed by atoms with Crippen molar-refractivity contribution >= 4 is 15.7 Å². The van der Waals surface area contributed by atoms with Gasteiger partial charge >= 0.3 is 0 Å². The number of hydrogen-bond donors (Lipinski definition) is 1. The van der Waals surface area contributed by atoms with Gasteiger partial charge in [-0.05, 0) is 30.3 Å². The van der Waals surface area contributed by atoms with Crippen molar-refractivity contribution in [3.8, 4) is 17.1 Å². The number of rotatable bonds is 5. The first-order valence-corrected chi connectivity index (χ1v) is 8.83. The predicted molar refractivity (Wildman–Crippen MR) is 91.2 cm³/mol. The van der Waals surface area contributed by atoms with Gasteiger partial charge in [-0.3, -0.25) is 9.71 Å². The Hall–Kier alpha value is -3.07. The summed E-state index contributed by atoms with van der Waals surface area (Å²) in [5.74, 6) is -2.46. The number of anilines is 1. The van der Waals surface area contributed by atoms with Gasteiger partial charge in [0.25, 0.3) is 10.0 Å². The van der Waals surface area contributed by atoms with Crippen LogP contribution >= 0.6 is 0 Å². The molecule has 1 N–H and O–H groups in total. The van der Waals surface area contributed by atoms with Gasteiger partial charge in [-0.2, -0.15) is 0 Å². The molecule has 0 spiro atoms. The average molecular weight is 377 g/mol. The molecular weight excluding hydrogens is 364 g/mol. The number of halogens is 2. The summed E-state index contributed by atoms with van der Waals surface area (Å²) >= 11 is 0. The van der Waals surface area contributed by atoms with Crippen molar-refractivity contribution in [3.05, 3.63) is 66.5 Å². The third-order valence-corrected chi connectivity index (χ3v) is 4.85. The second kappa shape index (κ2) is 7.04. The maximum Gasteiger partial charge on any atom is 0.267 e. The van der Waals surface area contributed by atoms with Gasteiger partial charge in [-0.1, -0.05) is 12.1 Å². The van der Waals surface area contributed by atoms with E-state index in [9.17, 15) is 17.2 Å². The van der Waals surface area contributed by atoms with Crippen molar-refractivity contribution in [1.29, 1.82) is 0 Å². The molecule has 0 aliphatic rings. The number of nitrogens with one attached hydrogen (secondary N) is 1. The van der Waals surface area contributed by atoms with Gasteiger partial charge in [0.2, 0.25) is 5.88 Å². The van der Waals surface area contributed by atoms with Crippen LogP contribution in [-0.2, 0) is 10.0 Å². The molecule has 9 heteroatoms. The molecule has 0 saturated carbocycles. The first-order chi connectivity index (χ1) is 12.4. The van der Waals surface area contributed by atoms with E-state index in [4.69, 9.17) is 4.74 Å². The normalized spacial score (nSPS) is 11.2. The van der Waals surface area contributed by atoms with Crippen molar-refractivity contribution in [2.75, 3.05) is 11.8 Å². The number of ether oxygens (including phenoxy) is 1. The van der Waals surface area contributed by atoms with Gasteiger partial charge in [-0.15, -0.1) is 0 Å². The first kappa shape index (κ1) is 17.7.